The molecule has 4 aliphatic rings. The zero-order chi connectivity index (χ0) is 14.8. The third-order valence-electron chi connectivity index (χ3n) is 5.61. The number of hydrogen-bond acceptors (Lipinski definition) is 3. The van der Waals surface area contributed by atoms with Crippen molar-refractivity contribution in [3.63, 3.8) is 0 Å². The predicted octanol–water partition coefficient (Wildman–Crippen LogP) is 1.26. The predicted molar refractivity (Wildman–Crippen MR) is 76.9 cm³/mol. The molecule has 4 nitrogen and oxygen atoms in total. The summed E-state index contributed by atoms with van der Waals surface area (Å²) >= 11 is 0. The summed E-state index contributed by atoms with van der Waals surface area (Å²) in [5, 5.41) is 14.5. The van der Waals surface area contributed by atoms with Crippen molar-refractivity contribution in [2.45, 2.75) is 44.9 Å². The highest BCUT2D eigenvalue weighted by atomic mass is 16.4. The van der Waals surface area contributed by atoms with Gasteiger partial charge in [0.05, 0.1) is 5.92 Å². The lowest BCUT2D eigenvalue weighted by atomic mass is 9.62. The number of allylic oxidation sites excluding steroid dienone is 2. The number of rotatable bonds is 4. The summed E-state index contributed by atoms with van der Waals surface area (Å²) in [6, 6.07) is 0. The Balaban J connectivity index is 1.62. The topological polar surface area (TPSA) is 69.2 Å². The van der Waals surface area contributed by atoms with E-state index in [1.807, 2.05) is 12.2 Å². The number of nitrogens with one attached hydrogen (secondary N) is 1. The van der Waals surface area contributed by atoms with Crippen LogP contribution in [-0.2, 0) is 9.59 Å². The Morgan fingerprint density at radius 2 is 1.57 bits per heavy atom. The second-order valence-electron chi connectivity index (χ2n) is 6.91. The van der Waals surface area contributed by atoms with E-state index >= 15 is 0 Å². The number of hydrogen-bond donors (Lipinski definition) is 1. The monoisotopic (exact) mass is 290 g/mol. The van der Waals surface area contributed by atoms with Crippen LogP contribution < -0.4 is 10.4 Å². The Morgan fingerprint density at radius 3 is 2.14 bits per heavy atom. The second-order valence-corrected chi connectivity index (χ2v) is 6.91. The molecule has 2 bridgehead atoms. The molecule has 0 aromatic heterocycles. The molecule has 21 heavy (non-hydrogen) atoms. The number of fused-ring (bicyclic) bond motifs is 2. The van der Waals surface area contributed by atoms with Gasteiger partial charge in [-0.3, -0.25) is 4.79 Å². The number of carboxylic acids is 1. The molecular weight excluding hydrogens is 266 g/mol. The third-order valence-corrected chi connectivity index (χ3v) is 5.61. The average Bonchev–Trinajstić information content (AvgIpc) is 2.53. The SMILES string of the molecule is O=C(NCC1CCCCC1)[C@@H]1[C@H](C(=O)[O-])[C@H]2C=C[C@@H]1CC2. The zero-order valence-electron chi connectivity index (χ0n) is 12.4. The number of carbonyl (C=O) groups is 2. The highest BCUT2D eigenvalue weighted by Gasteiger charge is 2.45. The number of aliphatic carboxylic acids is 1. The van der Waals surface area contributed by atoms with Crippen LogP contribution in [0, 0.1) is 29.6 Å². The van der Waals surface area contributed by atoms with E-state index in [1.54, 1.807) is 0 Å². The van der Waals surface area contributed by atoms with E-state index in [4.69, 9.17) is 0 Å². The van der Waals surface area contributed by atoms with Crippen molar-refractivity contribution < 1.29 is 14.7 Å². The van der Waals surface area contributed by atoms with Crippen molar-refractivity contribution in [2.24, 2.45) is 29.6 Å². The molecule has 0 unspecified atom stereocenters. The Hall–Kier alpha value is -1.32. The van der Waals surface area contributed by atoms with E-state index in [1.165, 1.54) is 32.1 Å². The summed E-state index contributed by atoms with van der Waals surface area (Å²) in [7, 11) is 0. The van der Waals surface area contributed by atoms with Crippen LogP contribution in [-0.4, -0.2) is 18.4 Å². The van der Waals surface area contributed by atoms with Gasteiger partial charge in [0.25, 0.3) is 0 Å². The molecular formula is C17H24NO3-. The van der Waals surface area contributed by atoms with E-state index < -0.39 is 17.8 Å². The molecule has 0 aromatic rings. The van der Waals surface area contributed by atoms with Gasteiger partial charge in [0.1, 0.15) is 0 Å². The average molecular weight is 290 g/mol. The molecule has 0 heterocycles. The van der Waals surface area contributed by atoms with Gasteiger partial charge in [-0.2, -0.15) is 0 Å². The smallest absolute Gasteiger partial charge is 0.224 e. The van der Waals surface area contributed by atoms with E-state index in [2.05, 4.69) is 5.32 Å². The van der Waals surface area contributed by atoms with Crippen LogP contribution in [0.4, 0.5) is 0 Å². The van der Waals surface area contributed by atoms with Crippen LogP contribution >= 0.6 is 0 Å². The Bertz CT molecular complexity index is 439. The van der Waals surface area contributed by atoms with Gasteiger partial charge >= 0.3 is 0 Å². The highest BCUT2D eigenvalue weighted by molar-refractivity contribution is 5.85. The van der Waals surface area contributed by atoms with Gasteiger partial charge in [-0.25, -0.2) is 0 Å². The molecule has 2 fully saturated rings. The molecule has 0 radical (unpaired) electrons. The summed E-state index contributed by atoms with van der Waals surface area (Å²) < 4.78 is 0. The molecule has 0 saturated heterocycles. The third kappa shape index (κ3) is 2.99. The molecule has 0 aliphatic heterocycles. The largest absolute Gasteiger partial charge is 0.550 e. The van der Waals surface area contributed by atoms with E-state index in [-0.39, 0.29) is 17.7 Å². The molecule has 4 rings (SSSR count). The molecule has 116 valence electrons. The lowest BCUT2D eigenvalue weighted by Gasteiger charge is -2.44. The lowest BCUT2D eigenvalue weighted by molar-refractivity contribution is -0.316. The maximum absolute atomic E-state index is 12.5. The van der Waals surface area contributed by atoms with Crippen molar-refractivity contribution in [3.8, 4) is 0 Å². The minimum Gasteiger partial charge on any atom is -0.550 e. The summed E-state index contributed by atoms with van der Waals surface area (Å²) in [5.74, 6) is -1.58. The van der Waals surface area contributed by atoms with Crippen LogP contribution in [0.5, 0.6) is 0 Å². The minimum atomic E-state index is -1.06. The second kappa shape index (κ2) is 6.20. The number of amides is 1. The van der Waals surface area contributed by atoms with E-state index in [0.717, 1.165) is 12.8 Å². The normalized spacial score (nSPS) is 35.6. The first-order chi connectivity index (χ1) is 10.2. The Morgan fingerprint density at radius 1 is 0.952 bits per heavy atom. The molecule has 2 saturated carbocycles. The van der Waals surface area contributed by atoms with Gasteiger partial charge in [-0.15, -0.1) is 0 Å². The van der Waals surface area contributed by atoms with Crippen LogP contribution in [0.2, 0.25) is 0 Å². The first-order valence-electron chi connectivity index (χ1n) is 8.33. The standard InChI is InChI=1S/C17H25NO3/c19-16(18-10-11-4-2-1-3-5-11)14-12-6-8-13(9-7-12)15(14)17(20)21/h6,8,11-15H,1-5,7,9-10H2,(H,18,19)(H,20,21)/p-1/t12-,13+,14+,15-/m1/s1. The molecule has 4 atom stereocenters. The number of carboxylic acid groups (broad SMARTS) is 1. The van der Waals surface area contributed by atoms with Crippen LogP contribution in [0.1, 0.15) is 44.9 Å². The summed E-state index contributed by atoms with van der Waals surface area (Å²) in [5.41, 5.74) is 0. The van der Waals surface area contributed by atoms with E-state index in [9.17, 15) is 14.7 Å². The maximum atomic E-state index is 12.5. The number of carbonyl (C=O) groups excluding carboxylic acids is 2. The maximum Gasteiger partial charge on any atom is 0.224 e. The van der Waals surface area contributed by atoms with Crippen molar-refractivity contribution >= 4 is 11.9 Å². The van der Waals surface area contributed by atoms with Crippen molar-refractivity contribution in [2.75, 3.05) is 6.54 Å². The van der Waals surface area contributed by atoms with Gasteiger partial charge in [0.2, 0.25) is 5.91 Å². The van der Waals surface area contributed by atoms with Gasteiger partial charge in [0, 0.05) is 18.4 Å². The van der Waals surface area contributed by atoms with Gasteiger partial charge in [-0.1, -0.05) is 31.4 Å². The first kappa shape index (κ1) is 14.6. The van der Waals surface area contributed by atoms with Crippen LogP contribution in [0.3, 0.4) is 0 Å². The quantitative estimate of drug-likeness (QED) is 0.793. The van der Waals surface area contributed by atoms with E-state index in [0.29, 0.717) is 12.5 Å². The molecule has 4 heteroatoms. The Kier molecular flexibility index (Phi) is 4.32. The van der Waals surface area contributed by atoms with Crippen molar-refractivity contribution in [3.05, 3.63) is 12.2 Å². The molecule has 4 aliphatic carbocycles. The zero-order valence-corrected chi connectivity index (χ0v) is 12.4. The van der Waals surface area contributed by atoms with Gasteiger partial charge in [0.15, 0.2) is 0 Å². The molecule has 1 amide bonds. The highest BCUT2D eigenvalue weighted by Crippen LogP contribution is 2.44. The molecule has 0 aromatic carbocycles. The summed E-state index contributed by atoms with van der Waals surface area (Å²) in [6.07, 6.45) is 12.0. The Labute approximate surface area is 126 Å². The van der Waals surface area contributed by atoms with Crippen LogP contribution in [0.25, 0.3) is 0 Å². The molecule has 1 N–H and O–H groups in total. The fourth-order valence-corrected chi connectivity index (χ4v) is 4.43. The van der Waals surface area contributed by atoms with Crippen molar-refractivity contribution in [1.82, 2.24) is 5.32 Å². The fraction of sp³-hybridized carbons (Fsp3) is 0.765. The molecule has 0 spiro atoms. The minimum absolute atomic E-state index is 0.0227. The lowest BCUT2D eigenvalue weighted by Crippen LogP contribution is -2.53. The van der Waals surface area contributed by atoms with Gasteiger partial charge in [-0.05, 0) is 43.4 Å². The summed E-state index contributed by atoms with van der Waals surface area (Å²) in [4.78, 5) is 23.9. The van der Waals surface area contributed by atoms with Gasteiger partial charge < -0.3 is 15.2 Å². The summed E-state index contributed by atoms with van der Waals surface area (Å²) in [6.45, 7) is 0.705. The first-order valence-corrected chi connectivity index (χ1v) is 8.33. The van der Waals surface area contributed by atoms with Crippen molar-refractivity contribution in [1.29, 1.82) is 0 Å². The fourth-order valence-electron chi connectivity index (χ4n) is 4.43. The van der Waals surface area contributed by atoms with Crippen LogP contribution in [0.15, 0.2) is 12.2 Å².